The molecule has 0 bridgehead atoms. The molecular weight excluding hydrogens is 802 g/mol. The van der Waals surface area contributed by atoms with E-state index in [1.807, 2.05) is 43.4 Å². The van der Waals surface area contributed by atoms with Crippen LogP contribution in [0.3, 0.4) is 0 Å². The summed E-state index contributed by atoms with van der Waals surface area (Å²) in [5, 5.41) is 16.9. The summed E-state index contributed by atoms with van der Waals surface area (Å²) in [5.74, 6) is -3.03. The number of nitrogens with zero attached hydrogens (tertiary/aromatic N) is 4. The van der Waals surface area contributed by atoms with Crippen LogP contribution in [-0.4, -0.2) is 95.1 Å². The highest BCUT2D eigenvalue weighted by atomic mass is 19.1. The number of hydrogen-bond donors (Lipinski definition) is 4. The van der Waals surface area contributed by atoms with E-state index in [1.54, 1.807) is 12.1 Å². The van der Waals surface area contributed by atoms with Gasteiger partial charge in [0.05, 0.1) is 17.6 Å². The summed E-state index contributed by atoms with van der Waals surface area (Å²) in [5.41, 5.74) is 5.12. The Morgan fingerprint density at radius 1 is 0.903 bits per heavy atom. The van der Waals surface area contributed by atoms with E-state index in [0.29, 0.717) is 65.3 Å². The number of aromatic amines is 1. The van der Waals surface area contributed by atoms with Gasteiger partial charge in [-0.05, 0) is 105 Å². The number of ether oxygens (including phenoxy) is 1. The van der Waals surface area contributed by atoms with E-state index in [-0.39, 0.29) is 54.4 Å². The second-order valence-electron chi connectivity index (χ2n) is 16.7. The molecule has 0 spiro atoms. The zero-order valence-electron chi connectivity index (χ0n) is 34.2. The van der Waals surface area contributed by atoms with Crippen LogP contribution in [0.15, 0.2) is 66.7 Å². The zero-order valence-corrected chi connectivity index (χ0v) is 34.2. The number of anilines is 3. The number of piperidine rings is 2. The molecule has 1 aromatic heterocycles. The van der Waals surface area contributed by atoms with Crippen molar-refractivity contribution in [1.82, 2.24) is 25.3 Å². The van der Waals surface area contributed by atoms with Gasteiger partial charge >= 0.3 is 0 Å². The van der Waals surface area contributed by atoms with Crippen molar-refractivity contribution in [2.75, 3.05) is 48.9 Å². The molecule has 0 saturated carbocycles. The molecule has 0 aliphatic carbocycles. The molecule has 16 heteroatoms. The number of nitrogens with one attached hydrogen (secondary N) is 4. The van der Waals surface area contributed by atoms with Gasteiger partial charge in [0.1, 0.15) is 23.5 Å². The van der Waals surface area contributed by atoms with Gasteiger partial charge < -0.3 is 25.2 Å². The van der Waals surface area contributed by atoms with Crippen molar-refractivity contribution in [1.29, 1.82) is 0 Å². The molecule has 62 heavy (non-hydrogen) atoms. The molecule has 0 radical (unpaired) electrons. The van der Waals surface area contributed by atoms with Crippen LogP contribution in [-0.2, 0) is 33.8 Å². The molecule has 3 saturated heterocycles. The first kappa shape index (κ1) is 41.1. The number of carbonyl (C=O) groups excluding carboxylic acids is 4. The van der Waals surface area contributed by atoms with Gasteiger partial charge in [-0.15, -0.1) is 0 Å². The largest absolute Gasteiger partial charge is 0.381 e. The summed E-state index contributed by atoms with van der Waals surface area (Å²) in [7, 11) is 1.98. The molecular formula is C46H47F3N8O5. The molecule has 5 aromatic rings. The molecule has 1 unspecified atom stereocenters. The van der Waals surface area contributed by atoms with Gasteiger partial charge in [0, 0.05) is 90.9 Å². The Morgan fingerprint density at radius 2 is 1.68 bits per heavy atom. The second-order valence-corrected chi connectivity index (χ2v) is 16.7. The van der Waals surface area contributed by atoms with Gasteiger partial charge in [0.15, 0.2) is 5.82 Å². The predicted molar refractivity (Wildman–Crippen MR) is 226 cm³/mol. The summed E-state index contributed by atoms with van der Waals surface area (Å²) < 4.78 is 49.4. The summed E-state index contributed by atoms with van der Waals surface area (Å²) in [6.07, 6.45) is 3.87. The fourth-order valence-corrected chi connectivity index (χ4v) is 9.24. The number of aromatic nitrogens is 2. The Morgan fingerprint density at radius 3 is 2.44 bits per heavy atom. The lowest BCUT2D eigenvalue weighted by molar-refractivity contribution is -0.136. The Labute approximate surface area is 356 Å². The number of hydrogen-bond acceptors (Lipinski definition) is 9. The first-order valence-electron chi connectivity index (χ1n) is 21.1. The molecule has 4 aliphatic rings. The van der Waals surface area contributed by atoms with Gasteiger partial charge in [-0.3, -0.25) is 34.5 Å². The molecule has 322 valence electrons. The summed E-state index contributed by atoms with van der Waals surface area (Å²) >= 11 is 0. The van der Waals surface area contributed by atoms with E-state index < -0.39 is 35.3 Å². The maximum Gasteiger partial charge on any atom is 0.258 e. The lowest BCUT2D eigenvalue weighted by Gasteiger charge is -2.38. The smallest absolute Gasteiger partial charge is 0.258 e. The van der Waals surface area contributed by atoms with Crippen molar-refractivity contribution >= 4 is 51.7 Å². The van der Waals surface area contributed by atoms with E-state index >= 15 is 4.39 Å². The molecule has 1 atom stereocenters. The maximum absolute atomic E-state index is 16.0. The van der Waals surface area contributed by atoms with Gasteiger partial charge in [0.25, 0.3) is 11.8 Å². The number of amides is 4. The third-order valence-corrected chi connectivity index (χ3v) is 12.6. The Balaban J connectivity index is 0.866. The average molecular weight is 849 g/mol. The first-order chi connectivity index (χ1) is 30.0. The number of fused-ring (bicyclic) bond motifs is 2. The third-order valence-electron chi connectivity index (χ3n) is 12.6. The van der Waals surface area contributed by atoms with Crippen LogP contribution in [0.25, 0.3) is 10.9 Å². The van der Waals surface area contributed by atoms with Crippen LogP contribution >= 0.6 is 0 Å². The zero-order chi connectivity index (χ0) is 43.1. The minimum Gasteiger partial charge on any atom is -0.381 e. The number of halogens is 3. The van der Waals surface area contributed by atoms with Crippen molar-refractivity contribution in [3.05, 3.63) is 118 Å². The van der Waals surface area contributed by atoms with E-state index in [4.69, 9.17) is 4.74 Å². The molecule has 3 fully saturated rings. The minimum absolute atomic E-state index is 0.0157. The lowest BCUT2D eigenvalue weighted by Crippen LogP contribution is -2.52. The molecule has 9 rings (SSSR count). The summed E-state index contributed by atoms with van der Waals surface area (Å²) in [4.78, 5) is 57.2. The molecule has 4 N–H and O–H groups in total. The lowest BCUT2D eigenvalue weighted by atomic mass is 10.00. The third kappa shape index (κ3) is 8.48. The van der Waals surface area contributed by atoms with Crippen molar-refractivity contribution in [3.63, 3.8) is 0 Å². The average Bonchev–Trinajstić information content (AvgIpc) is 3.81. The molecule has 4 amide bonds. The fourth-order valence-electron chi connectivity index (χ4n) is 9.24. The van der Waals surface area contributed by atoms with Gasteiger partial charge in [-0.25, -0.2) is 13.2 Å². The van der Waals surface area contributed by atoms with Gasteiger partial charge in [0.2, 0.25) is 11.8 Å². The van der Waals surface area contributed by atoms with Crippen LogP contribution in [0.2, 0.25) is 0 Å². The Bertz CT molecular complexity index is 2550. The first-order valence-corrected chi connectivity index (χ1v) is 21.1. The summed E-state index contributed by atoms with van der Waals surface area (Å²) in [6, 6.07) is 17.5. The molecule has 4 aromatic carbocycles. The monoisotopic (exact) mass is 848 g/mol. The van der Waals surface area contributed by atoms with Crippen molar-refractivity contribution < 1.29 is 37.1 Å². The normalized spacial score (nSPS) is 18.7. The highest BCUT2D eigenvalue weighted by Crippen LogP contribution is 2.34. The standard InChI is InChI=1S/C46H47F3N8O5/c1-55(24-28-3-5-34-37(42(28)49)25-57(46(34)61)40-8-9-41(58)51-45(40)60)32-10-14-56(15-11-32)33-4-6-35(39(23-33)50-31-12-16-62-17-13-31)44(59)52-43-36-21-26(2-7-38(36)53-54-43)18-27-19-29(47)22-30(48)20-27/h2-7,19-23,31-32,40,50H,8-18,24-25H2,1H3,(H,51,58,60)(H2,52,53,54,59). The van der Waals surface area contributed by atoms with Crippen LogP contribution in [0, 0.1) is 17.5 Å². The summed E-state index contributed by atoms with van der Waals surface area (Å²) in [6.45, 7) is 3.06. The number of imide groups is 1. The highest BCUT2D eigenvalue weighted by Gasteiger charge is 2.40. The van der Waals surface area contributed by atoms with Crippen LogP contribution in [0.5, 0.6) is 0 Å². The van der Waals surface area contributed by atoms with Crippen molar-refractivity contribution in [2.45, 2.75) is 76.2 Å². The quantitative estimate of drug-likeness (QED) is 0.113. The van der Waals surface area contributed by atoms with Gasteiger partial charge in [-0.1, -0.05) is 12.1 Å². The van der Waals surface area contributed by atoms with Crippen molar-refractivity contribution in [2.24, 2.45) is 0 Å². The van der Waals surface area contributed by atoms with Crippen molar-refractivity contribution in [3.8, 4) is 0 Å². The highest BCUT2D eigenvalue weighted by molar-refractivity contribution is 6.11. The second kappa shape index (κ2) is 17.2. The maximum atomic E-state index is 16.0. The van der Waals surface area contributed by atoms with E-state index in [2.05, 4.69) is 35.9 Å². The molecule has 4 aliphatic heterocycles. The van der Waals surface area contributed by atoms with Crippen LogP contribution in [0.4, 0.5) is 30.4 Å². The van der Waals surface area contributed by atoms with Gasteiger partial charge in [-0.2, -0.15) is 5.10 Å². The number of H-pyrrole nitrogens is 1. The number of rotatable bonds is 11. The van der Waals surface area contributed by atoms with E-state index in [0.717, 1.165) is 56.1 Å². The Kier molecular flexibility index (Phi) is 11.4. The van der Waals surface area contributed by atoms with E-state index in [9.17, 15) is 28.0 Å². The number of benzene rings is 4. The van der Waals surface area contributed by atoms with E-state index in [1.165, 1.54) is 17.0 Å². The SMILES string of the molecule is CN(Cc1ccc2c(c1F)CN(C1CCC(=O)NC1=O)C2=O)C1CCN(c2ccc(C(=O)Nc3n[nH]c4ccc(Cc5cc(F)cc(F)c5)cc34)c(NC3CCOCC3)c2)CC1. The fraction of sp³-hybridized carbons (Fsp3) is 0.370. The molecule has 13 nitrogen and oxygen atoms in total. The van der Waals surface area contributed by atoms with Crippen LogP contribution in [0.1, 0.15) is 81.5 Å². The topological polar surface area (TPSA) is 152 Å². The van der Waals surface area contributed by atoms with Crippen LogP contribution < -0.4 is 20.9 Å². The minimum atomic E-state index is -0.807. The predicted octanol–water partition coefficient (Wildman–Crippen LogP) is 6.28. The Hall–Kier alpha value is -6.26. The molecule has 5 heterocycles. The number of carbonyl (C=O) groups is 4.